The molecule has 1 amide bonds. The van der Waals surface area contributed by atoms with Crippen LogP contribution in [0.25, 0.3) is 0 Å². The van der Waals surface area contributed by atoms with Gasteiger partial charge in [-0.1, -0.05) is 30.3 Å². The van der Waals surface area contributed by atoms with Crippen molar-refractivity contribution in [2.45, 2.75) is 32.7 Å². The van der Waals surface area contributed by atoms with Gasteiger partial charge in [0.2, 0.25) is 0 Å². The van der Waals surface area contributed by atoms with Crippen LogP contribution in [0.15, 0.2) is 42.5 Å². The molecule has 0 N–H and O–H groups in total. The summed E-state index contributed by atoms with van der Waals surface area (Å²) in [5.41, 5.74) is 2.71. The van der Waals surface area contributed by atoms with Crippen LogP contribution in [0.3, 0.4) is 0 Å². The molecular formula is C18H18FNO. The largest absolute Gasteiger partial charge is 0.305 e. The van der Waals surface area contributed by atoms with Gasteiger partial charge in [-0.2, -0.15) is 0 Å². The minimum Gasteiger partial charge on any atom is -0.305 e. The van der Waals surface area contributed by atoms with Gasteiger partial charge in [0.15, 0.2) is 0 Å². The summed E-state index contributed by atoms with van der Waals surface area (Å²) in [5, 5.41) is 0. The zero-order chi connectivity index (χ0) is 15.0. The topological polar surface area (TPSA) is 20.3 Å². The lowest BCUT2D eigenvalue weighted by Gasteiger charge is -2.35. The van der Waals surface area contributed by atoms with E-state index in [-0.39, 0.29) is 17.5 Å². The van der Waals surface area contributed by atoms with E-state index in [1.165, 1.54) is 0 Å². The third kappa shape index (κ3) is 2.33. The zero-order valence-corrected chi connectivity index (χ0v) is 12.3. The maximum absolute atomic E-state index is 14.3. The third-order valence-electron chi connectivity index (χ3n) is 4.16. The minimum atomic E-state index is -0.419. The molecule has 1 aliphatic heterocycles. The Morgan fingerprint density at radius 1 is 1.19 bits per heavy atom. The van der Waals surface area contributed by atoms with E-state index in [9.17, 15) is 9.18 Å². The summed E-state index contributed by atoms with van der Waals surface area (Å²) in [5.74, 6) is -0.673. The highest BCUT2D eigenvalue weighted by molar-refractivity contribution is 6.07. The van der Waals surface area contributed by atoms with Gasteiger partial charge in [0.05, 0.1) is 5.56 Å². The molecule has 1 unspecified atom stereocenters. The van der Waals surface area contributed by atoms with Crippen molar-refractivity contribution in [2.75, 3.05) is 4.90 Å². The zero-order valence-electron chi connectivity index (χ0n) is 12.3. The van der Waals surface area contributed by atoms with Crippen molar-refractivity contribution in [3.05, 3.63) is 65.0 Å². The standard InChI is InChI=1S/C18H18FNO/c1-12-6-5-8-15(17(12)19)18(21)20-13(2)10-11-14-7-3-4-9-16(14)20/h3-9,13H,10-11H2,1-2H3. The van der Waals surface area contributed by atoms with Crippen molar-refractivity contribution >= 4 is 11.6 Å². The molecule has 0 spiro atoms. The Kier molecular flexibility index (Phi) is 3.50. The summed E-state index contributed by atoms with van der Waals surface area (Å²) < 4.78 is 14.3. The Bertz CT molecular complexity index is 695. The number of nitrogens with zero attached hydrogens (tertiary/aromatic N) is 1. The van der Waals surface area contributed by atoms with E-state index in [0.29, 0.717) is 5.56 Å². The smallest absolute Gasteiger partial charge is 0.261 e. The lowest BCUT2D eigenvalue weighted by Crippen LogP contribution is -2.42. The van der Waals surface area contributed by atoms with Crippen molar-refractivity contribution in [1.29, 1.82) is 0 Å². The van der Waals surface area contributed by atoms with Gasteiger partial charge >= 0.3 is 0 Å². The van der Waals surface area contributed by atoms with Crippen LogP contribution in [-0.4, -0.2) is 11.9 Å². The number of aryl methyl sites for hydroxylation is 2. The summed E-state index contributed by atoms with van der Waals surface area (Å²) in [6.07, 6.45) is 1.85. The summed E-state index contributed by atoms with van der Waals surface area (Å²) in [6, 6.07) is 12.9. The summed E-state index contributed by atoms with van der Waals surface area (Å²) in [7, 11) is 0. The quantitative estimate of drug-likeness (QED) is 0.771. The Morgan fingerprint density at radius 2 is 1.95 bits per heavy atom. The molecular weight excluding hydrogens is 265 g/mol. The number of rotatable bonds is 1. The molecule has 2 aromatic carbocycles. The maximum Gasteiger partial charge on any atom is 0.261 e. The first kappa shape index (κ1) is 13.8. The average molecular weight is 283 g/mol. The highest BCUT2D eigenvalue weighted by Gasteiger charge is 2.30. The molecule has 2 aromatic rings. The van der Waals surface area contributed by atoms with Crippen molar-refractivity contribution in [3.8, 4) is 0 Å². The fraction of sp³-hybridized carbons (Fsp3) is 0.278. The number of amides is 1. The number of carbonyl (C=O) groups is 1. The average Bonchev–Trinajstić information content (AvgIpc) is 2.49. The number of hydrogen-bond donors (Lipinski definition) is 0. The first-order chi connectivity index (χ1) is 10.1. The van der Waals surface area contributed by atoms with Gasteiger partial charge in [-0.3, -0.25) is 4.79 Å². The van der Waals surface area contributed by atoms with Gasteiger partial charge in [-0.25, -0.2) is 4.39 Å². The number of benzene rings is 2. The lowest BCUT2D eigenvalue weighted by atomic mass is 9.95. The predicted octanol–water partition coefficient (Wildman–Crippen LogP) is 4.12. The molecule has 1 atom stereocenters. The van der Waals surface area contributed by atoms with E-state index in [4.69, 9.17) is 0 Å². The van der Waals surface area contributed by atoms with Crippen LogP contribution in [0.4, 0.5) is 10.1 Å². The Morgan fingerprint density at radius 3 is 2.76 bits per heavy atom. The normalized spacial score (nSPS) is 17.5. The highest BCUT2D eigenvalue weighted by atomic mass is 19.1. The molecule has 0 saturated carbocycles. The van der Waals surface area contributed by atoms with Gasteiger partial charge in [0, 0.05) is 11.7 Å². The lowest BCUT2D eigenvalue weighted by molar-refractivity contribution is 0.0971. The minimum absolute atomic E-state index is 0.0762. The highest BCUT2D eigenvalue weighted by Crippen LogP contribution is 2.32. The monoisotopic (exact) mass is 283 g/mol. The van der Waals surface area contributed by atoms with E-state index >= 15 is 0 Å². The second-order valence-corrected chi connectivity index (χ2v) is 5.63. The van der Waals surface area contributed by atoms with Crippen molar-refractivity contribution < 1.29 is 9.18 Å². The molecule has 0 aliphatic carbocycles. The second-order valence-electron chi connectivity index (χ2n) is 5.63. The number of fused-ring (bicyclic) bond motifs is 1. The predicted molar refractivity (Wildman–Crippen MR) is 82.2 cm³/mol. The van der Waals surface area contributed by atoms with Gasteiger partial charge in [-0.15, -0.1) is 0 Å². The summed E-state index contributed by atoms with van der Waals surface area (Å²) in [4.78, 5) is 14.6. The van der Waals surface area contributed by atoms with Crippen LogP contribution >= 0.6 is 0 Å². The molecule has 0 aromatic heterocycles. The first-order valence-corrected chi connectivity index (χ1v) is 7.26. The van der Waals surface area contributed by atoms with E-state index in [1.54, 1.807) is 30.0 Å². The fourth-order valence-corrected chi connectivity index (χ4v) is 2.94. The van der Waals surface area contributed by atoms with Gasteiger partial charge in [0.1, 0.15) is 5.82 Å². The number of halogens is 1. The maximum atomic E-state index is 14.3. The fourth-order valence-electron chi connectivity index (χ4n) is 2.94. The van der Waals surface area contributed by atoms with Crippen molar-refractivity contribution in [1.82, 2.24) is 0 Å². The van der Waals surface area contributed by atoms with Crippen LogP contribution in [0.5, 0.6) is 0 Å². The SMILES string of the molecule is Cc1cccc(C(=O)N2c3ccccc3CCC2C)c1F. The number of para-hydroxylation sites is 1. The van der Waals surface area contributed by atoms with Crippen LogP contribution < -0.4 is 4.90 Å². The van der Waals surface area contributed by atoms with Gasteiger partial charge in [-0.05, 0) is 49.9 Å². The number of carbonyl (C=O) groups excluding carboxylic acids is 1. The van der Waals surface area contributed by atoms with Crippen LogP contribution in [0, 0.1) is 12.7 Å². The van der Waals surface area contributed by atoms with E-state index in [1.807, 2.05) is 31.2 Å². The Balaban J connectivity index is 2.07. The second kappa shape index (κ2) is 5.32. The van der Waals surface area contributed by atoms with Crippen LogP contribution in [0.1, 0.15) is 34.8 Å². The van der Waals surface area contributed by atoms with Crippen LogP contribution in [-0.2, 0) is 6.42 Å². The van der Waals surface area contributed by atoms with Crippen molar-refractivity contribution in [2.24, 2.45) is 0 Å². The van der Waals surface area contributed by atoms with Gasteiger partial charge < -0.3 is 4.90 Å². The third-order valence-corrected chi connectivity index (χ3v) is 4.16. The Hall–Kier alpha value is -2.16. The molecule has 21 heavy (non-hydrogen) atoms. The van der Waals surface area contributed by atoms with Crippen LogP contribution in [0.2, 0.25) is 0 Å². The Labute approximate surface area is 124 Å². The molecule has 0 radical (unpaired) electrons. The molecule has 0 saturated heterocycles. The molecule has 2 nitrogen and oxygen atoms in total. The van der Waals surface area contributed by atoms with Crippen molar-refractivity contribution in [3.63, 3.8) is 0 Å². The summed E-state index contributed by atoms with van der Waals surface area (Å²) in [6.45, 7) is 3.70. The van der Waals surface area contributed by atoms with E-state index in [0.717, 1.165) is 24.1 Å². The molecule has 3 heteroatoms. The van der Waals surface area contributed by atoms with E-state index < -0.39 is 5.82 Å². The number of anilines is 1. The molecule has 0 fully saturated rings. The molecule has 108 valence electrons. The molecule has 1 heterocycles. The first-order valence-electron chi connectivity index (χ1n) is 7.26. The van der Waals surface area contributed by atoms with Gasteiger partial charge in [0.25, 0.3) is 5.91 Å². The molecule has 3 rings (SSSR count). The summed E-state index contributed by atoms with van der Waals surface area (Å²) >= 11 is 0. The molecule has 1 aliphatic rings. The van der Waals surface area contributed by atoms with E-state index in [2.05, 4.69) is 0 Å². The number of hydrogen-bond acceptors (Lipinski definition) is 1. The molecule has 0 bridgehead atoms.